The van der Waals surface area contributed by atoms with Crippen molar-refractivity contribution in [1.29, 1.82) is 0 Å². The largest absolute Gasteiger partial charge is 0.465 e. The van der Waals surface area contributed by atoms with Crippen LogP contribution in [-0.2, 0) is 109 Å². The molecule has 0 aliphatic carbocycles. The molecular formula is C109H138N2O31. The van der Waals surface area contributed by atoms with Gasteiger partial charge in [-0.1, -0.05) is 283 Å². The van der Waals surface area contributed by atoms with Gasteiger partial charge in [-0.15, -0.1) is 0 Å². The Balaban J connectivity index is 1.12. The van der Waals surface area contributed by atoms with Crippen LogP contribution in [0.1, 0.15) is 290 Å². The van der Waals surface area contributed by atoms with Crippen LogP contribution in [0.4, 0.5) is 4.79 Å². The van der Waals surface area contributed by atoms with E-state index in [2.05, 4.69) is 19.2 Å². The van der Waals surface area contributed by atoms with Crippen molar-refractivity contribution in [3.05, 3.63) is 228 Å². The number of benzene rings is 6. The molecule has 4 fully saturated rings. The van der Waals surface area contributed by atoms with Gasteiger partial charge in [-0.05, 0) is 98.1 Å². The molecule has 3 amide bonds. The number of aliphatic hydroxyl groups is 1. The van der Waals surface area contributed by atoms with E-state index in [0.717, 1.165) is 112 Å². The Labute approximate surface area is 830 Å². The maximum absolute atomic E-state index is 15.6. The highest BCUT2D eigenvalue weighted by Crippen LogP contribution is 2.46. The molecule has 4 heterocycles. The number of aliphatic hydroxyl groups excluding tert-OH is 1. The lowest BCUT2D eigenvalue weighted by Crippen LogP contribution is -2.71. The summed E-state index contributed by atoms with van der Waals surface area (Å²) in [6, 6.07) is 42.3. The molecule has 0 aromatic heterocycles. The maximum Gasteiger partial charge on any atom is 0.417 e. The number of fused-ring (bicyclic) bond motifs is 1. The molecule has 10 rings (SSSR count). The van der Waals surface area contributed by atoms with Gasteiger partial charge in [0.2, 0.25) is 11.8 Å². The van der Waals surface area contributed by atoms with Crippen molar-refractivity contribution in [3.63, 3.8) is 0 Å². The Kier molecular flexibility index (Phi) is 47.0. The molecule has 2 N–H and O–H groups in total. The van der Waals surface area contributed by atoms with Crippen LogP contribution in [-0.4, -0.2) is 231 Å². The van der Waals surface area contributed by atoms with Crippen molar-refractivity contribution in [2.45, 2.75) is 338 Å². The number of nitrogens with one attached hydrogen (secondary N) is 1. The molecule has 0 radical (unpaired) electrons. The molecule has 4 aliphatic heterocycles. The van der Waals surface area contributed by atoms with E-state index >= 15 is 19.2 Å². The Morgan fingerprint density at radius 3 is 1.30 bits per heavy atom. The molecular weight excluding hydrogens is 1830 g/mol. The summed E-state index contributed by atoms with van der Waals surface area (Å²) in [4.78, 5) is 189. The highest BCUT2D eigenvalue weighted by atomic mass is 16.8. The van der Waals surface area contributed by atoms with E-state index in [1.165, 1.54) is 193 Å². The second-order valence-corrected chi connectivity index (χ2v) is 35.9. The van der Waals surface area contributed by atoms with Crippen molar-refractivity contribution in [2.24, 2.45) is 0 Å². The van der Waals surface area contributed by atoms with Gasteiger partial charge in [0.15, 0.2) is 43.1 Å². The first-order chi connectivity index (χ1) is 68.8. The van der Waals surface area contributed by atoms with E-state index in [1.54, 1.807) is 78.9 Å². The van der Waals surface area contributed by atoms with E-state index in [0.29, 0.717) is 17.7 Å². The van der Waals surface area contributed by atoms with Crippen LogP contribution in [0.15, 0.2) is 194 Å². The van der Waals surface area contributed by atoms with Gasteiger partial charge in [0.1, 0.15) is 74.7 Å². The van der Waals surface area contributed by atoms with Gasteiger partial charge >= 0.3 is 65.8 Å². The summed E-state index contributed by atoms with van der Waals surface area (Å²) in [5.74, 6) is -15.8. The Hall–Kier alpha value is -12.1. The van der Waals surface area contributed by atoms with Crippen molar-refractivity contribution in [2.75, 3.05) is 33.5 Å². The molecule has 33 heteroatoms. The average Bonchev–Trinajstić information content (AvgIpc) is 1.52. The second kappa shape index (κ2) is 59.7. The first-order valence-electron chi connectivity index (χ1n) is 49.9. The van der Waals surface area contributed by atoms with E-state index in [-0.39, 0.29) is 39.8 Å². The van der Waals surface area contributed by atoms with Gasteiger partial charge < -0.3 is 90.9 Å². The number of esters is 10. The number of nitrogens with zero attached hydrogens (tertiary/aromatic N) is 1. The number of ether oxygens (including phenoxy) is 17. The normalized spacial score (nSPS) is 22.2. The third kappa shape index (κ3) is 34.9. The van der Waals surface area contributed by atoms with Gasteiger partial charge in [-0.2, -0.15) is 0 Å². The molecule has 142 heavy (non-hydrogen) atoms. The van der Waals surface area contributed by atoms with E-state index in [1.807, 2.05) is 6.08 Å². The average molecular weight is 1970 g/mol. The molecule has 0 unspecified atom stereocenters. The molecule has 4 aliphatic rings. The SMILES string of the molecule is CCCCCCCCCCCCC/C=C/[C@@H](OC(=O)c1ccccc1)[C@H](CO[C@@H]1O[C@H](COC(=O)c2ccccc2)[C@@H](O[C@@H]2O[C@H](COC(=O)c3ccccc3)[C@H](O)[C@H](O[C@]3(C(=O)OC)C[C@@H]4OC(=O)N(C(C)=O)[C@H]4[C@H]([C@H](OC(C)=O)[C@@H](COC(C)=O)OC(C)=O)O3)[C@H]2OC(=O)c2ccccc2)[C@H](OC(=O)c2ccccc2)[C@H]1OC(=O)c1ccccc1)NC(=O)CCCCCCCCCCCCCCCCC. The zero-order valence-electron chi connectivity index (χ0n) is 82.3. The number of imide groups is 1. The zero-order valence-corrected chi connectivity index (χ0v) is 82.3. The van der Waals surface area contributed by atoms with Crippen LogP contribution in [0.5, 0.6) is 0 Å². The number of rotatable bonds is 59. The summed E-state index contributed by atoms with van der Waals surface area (Å²) in [5, 5.41) is 16.6. The molecule has 33 nitrogen and oxygen atoms in total. The summed E-state index contributed by atoms with van der Waals surface area (Å²) < 4.78 is 109. The lowest BCUT2D eigenvalue weighted by Gasteiger charge is -2.51. The fraction of sp³-hybridized carbons (Fsp3) is 0.532. The maximum atomic E-state index is 15.6. The monoisotopic (exact) mass is 1970 g/mol. The van der Waals surface area contributed by atoms with E-state index < -0.39 is 220 Å². The van der Waals surface area contributed by atoms with Crippen LogP contribution in [0.25, 0.3) is 0 Å². The molecule has 18 atom stereocenters. The fourth-order valence-electron chi connectivity index (χ4n) is 17.6. The van der Waals surface area contributed by atoms with Crippen molar-refractivity contribution in [1.82, 2.24) is 10.2 Å². The molecule has 0 saturated carbocycles. The first-order valence-corrected chi connectivity index (χ1v) is 49.9. The summed E-state index contributed by atoms with van der Waals surface area (Å²) in [7, 11) is 0.857. The molecule has 0 bridgehead atoms. The third-order valence-corrected chi connectivity index (χ3v) is 25.0. The van der Waals surface area contributed by atoms with Crippen LogP contribution < -0.4 is 5.32 Å². The minimum Gasteiger partial charge on any atom is -0.465 e. The lowest BCUT2D eigenvalue weighted by molar-refractivity contribution is -0.384. The predicted octanol–water partition coefficient (Wildman–Crippen LogP) is 17.0. The molecule has 4 saturated heterocycles. The Morgan fingerprint density at radius 1 is 0.451 bits per heavy atom. The predicted molar refractivity (Wildman–Crippen MR) is 515 cm³/mol. The molecule has 770 valence electrons. The highest BCUT2D eigenvalue weighted by molar-refractivity contribution is 5.94. The molecule has 6 aromatic carbocycles. The lowest BCUT2D eigenvalue weighted by atomic mass is 9.87. The third-order valence-electron chi connectivity index (χ3n) is 25.0. The van der Waals surface area contributed by atoms with Gasteiger partial charge in [-0.25, -0.2) is 43.3 Å². The standard InChI is InChI=1S/C109H138N2O31/c1-8-10-12-14-16-18-20-22-23-25-27-29-31-33-53-67-89(116)110-83(84(133-101(120)79-58-44-36-45-59-79)66-52-32-30-28-26-24-21-19-17-15-13-11-9-2)69-130-105-98(139-104(123)82-64-50-39-51-65-82)96(137-102(121)80-60-46-37-47-61-80)93(88(135-105)72-129-100(119)78-56-42-35-43-57-78)140-106-97(138-103(122)81-62-48-38-49-63-81)95(91(117)86(134-106)70-128-99(118)77-54-40-34-41-55-77)142-109(107(124)126-7)68-85-90(111(73(3)112)108(125)136-85)94(141-109)92(132-76(6)115)87(131-75(5)114)71-127-74(4)113/h34-52,54-66,83-88,90-98,105-106,117H,8-33,53,67-72H2,1-7H3,(H,110,116)/b66-52+/t83-,84+,85-,86+,87+,88+,90+,91-,92+,93+,94+,95-,96-,97+,98+,105+,106-,109-/m0/s1. The van der Waals surface area contributed by atoms with E-state index in [4.69, 9.17) is 80.5 Å². The number of carbonyl (C=O) groups excluding carboxylic acids is 13. The fourth-order valence-corrected chi connectivity index (χ4v) is 17.6. The number of carbonyl (C=O) groups is 13. The van der Waals surface area contributed by atoms with Crippen molar-refractivity contribution in [3.8, 4) is 0 Å². The second-order valence-electron chi connectivity index (χ2n) is 35.9. The topological polar surface area (TPSA) is 414 Å². The molecule has 6 aromatic rings. The van der Waals surface area contributed by atoms with Crippen molar-refractivity contribution < 1.29 is 148 Å². The highest BCUT2D eigenvalue weighted by Gasteiger charge is 2.67. The minimum absolute atomic E-state index is 0.00360. The molecule has 0 spiro atoms. The smallest absolute Gasteiger partial charge is 0.417 e. The number of hydrogen-bond donors (Lipinski definition) is 2. The minimum atomic E-state index is -3.27. The van der Waals surface area contributed by atoms with Crippen LogP contribution >= 0.6 is 0 Å². The summed E-state index contributed by atoms with van der Waals surface area (Å²) in [6.07, 6.45) is -2.11. The quantitative estimate of drug-likeness (QED) is 0.0155. The van der Waals surface area contributed by atoms with Gasteiger partial charge in [0.05, 0.1) is 59.6 Å². The number of amides is 3. The Bertz CT molecular complexity index is 4960. The summed E-state index contributed by atoms with van der Waals surface area (Å²) in [6.45, 7) is 4.63. The summed E-state index contributed by atoms with van der Waals surface area (Å²) in [5.41, 5.74) is -0.310. The van der Waals surface area contributed by atoms with E-state index in [9.17, 15) is 48.3 Å². The summed E-state index contributed by atoms with van der Waals surface area (Å²) >= 11 is 0. The number of allylic oxidation sites excluding steroid dienone is 1. The van der Waals surface area contributed by atoms with Gasteiger partial charge in [0, 0.05) is 34.1 Å². The van der Waals surface area contributed by atoms with Crippen LogP contribution in [0, 0.1) is 0 Å². The number of hydrogen-bond acceptors (Lipinski definition) is 31. The van der Waals surface area contributed by atoms with Gasteiger partial charge in [0.25, 0.3) is 5.79 Å². The van der Waals surface area contributed by atoms with Gasteiger partial charge in [-0.3, -0.25) is 24.0 Å². The Morgan fingerprint density at radius 2 is 0.859 bits per heavy atom. The zero-order chi connectivity index (χ0) is 102. The number of methoxy groups -OCH3 is 1. The first kappa shape index (κ1) is 112. The van der Waals surface area contributed by atoms with Crippen LogP contribution in [0.2, 0.25) is 0 Å². The van der Waals surface area contributed by atoms with Crippen molar-refractivity contribution >= 4 is 77.6 Å². The number of unbranched alkanes of at least 4 members (excludes halogenated alkanes) is 25. The van der Waals surface area contributed by atoms with Crippen LogP contribution in [0.3, 0.4) is 0 Å².